The molecular formula is C28H44O3. The highest BCUT2D eigenvalue weighted by Crippen LogP contribution is 2.59. The predicted octanol–water partition coefficient (Wildman–Crippen LogP) is 5.87. The summed E-state index contributed by atoms with van der Waals surface area (Å²) in [5.41, 5.74) is 1.83. The first kappa shape index (κ1) is 24.5. The van der Waals surface area contributed by atoms with E-state index in [0.717, 1.165) is 19.3 Å². The lowest BCUT2D eigenvalue weighted by molar-refractivity contribution is -0.0886. The average Bonchev–Trinajstić information content (AvgIpc) is 3.03. The SMILES string of the molecule is C=C1CC[C@H](O)C/C1=C/C=C1\CCC[C@@]2(C)[C@@H]1CC[C@@H]2[C@H](C)/C=C/[C@@](C)(O)C(C)(C)O. The molecule has 0 spiro atoms. The Kier molecular flexibility index (Phi) is 7.11. The summed E-state index contributed by atoms with van der Waals surface area (Å²) < 4.78 is 0. The second-order valence-corrected chi connectivity index (χ2v) is 11.5. The summed E-state index contributed by atoms with van der Waals surface area (Å²) in [7, 11) is 0. The molecule has 0 unspecified atom stereocenters. The molecular weight excluding hydrogens is 384 g/mol. The van der Waals surface area contributed by atoms with Gasteiger partial charge >= 0.3 is 0 Å². The Morgan fingerprint density at radius 1 is 1.10 bits per heavy atom. The van der Waals surface area contributed by atoms with Gasteiger partial charge in [0.2, 0.25) is 0 Å². The van der Waals surface area contributed by atoms with Crippen molar-refractivity contribution >= 4 is 0 Å². The van der Waals surface area contributed by atoms with Crippen molar-refractivity contribution < 1.29 is 15.3 Å². The van der Waals surface area contributed by atoms with Crippen LogP contribution in [0.5, 0.6) is 0 Å². The second kappa shape index (κ2) is 9.00. The highest BCUT2D eigenvalue weighted by Gasteiger charge is 2.50. The van der Waals surface area contributed by atoms with E-state index in [1.54, 1.807) is 32.4 Å². The average molecular weight is 429 g/mol. The van der Waals surface area contributed by atoms with E-state index in [1.165, 1.54) is 43.3 Å². The molecule has 3 heteroatoms. The minimum absolute atomic E-state index is 0.226. The number of rotatable bonds is 5. The van der Waals surface area contributed by atoms with Gasteiger partial charge < -0.3 is 15.3 Å². The molecule has 0 aromatic rings. The molecule has 3 rings (SSSR count). The number of hydrogen-bond acceptors (Lipinski definition) is 3. The standard InChI is InChI=1S/C28H44O3/c1-19-9-12-23(29)18-22(19)11-10-21-8-7-16-27(5)24(13-14-25(21)27)20(2)15-17-28(6,31)26(3,4)30/h10-11,15,17,20,23-25,29-31H,1,7-9,12-14,16,18H2,2-6H3/b17-15+,21-10+,22-11-/t20-,23+,24-,25-,27-,28-/m1/s1. The number of hydrogen-bond donors (Lipinski definition) is 3. The Morgan fingerprint density at radius 2 is 1.81 bits per heavy atom. The number of fused-ring (bicyclic) bond motifs is 1. The molecule has 0 radical (unpaired) electrons. The molecule has 3 fully saturated rings. The fourth-order valence-electron chi connectivity index (χ4n) is 6.22. The minimum Gasteiger partial charge on any atom is -0.393 e. The van der Waals surface area contributed by atoms with E-state index in [-0.39, 0.29) is 11.5 Å². The van der Waals surface area contributed by atoms with Gasteiger partial charge in [-0.1, -0.05) is 55.9 Å². The van der Waals surface area contributed by atoms with Gasteiger partial charge in [0.15, 0.2) is 0 Å². The molecule has 31 heavy (non-hydrogen) atoms. The number of aliphatic hydroxyl groups excluding tert-OH is 1. The van der Waals surface area contributed by atoms with Gasteiger partial charge in [0.05, 0.1) is 11.7 Å². The van der Waals surface area contributed by atoms with E-state index in [4.69, 9.17) is 0 Å². The third-order valence-corrected chi connectivity index (χ3v) is 8.82. The normalized spacial score (nSPS) is 37.9. The highest BCUT2D eigenvalue weighted by atomic mass is 16.3. The van der Waals surface area contributed by atoms with Crippen LogP contribution in [0.25, 0.3) is 0 Å². The highest BCUT2D eigenvalue weighted by molar-refractivity contribution is 5.36. The molecule has 174 valence electrons. The van der Waals surface area contributed by atoms with Crippen LogP contribution in [0.1, 0.15) is 86.0 Å². The van der Waals surface area contributed by atoms with Crippen LogP contribution in [0.3, 0.4) is 0 Å². The van der Waals surface area contributed by atoms with Crippen molar-refractivity contribution in [1.82, 2.24) is 0 Å². The Bertz CT molecular complexity index is 764. The Balaban J connectivity index is 1.77. The fourth-order valence-corrected chi connectivity index (χ4v) is 6.22. The van der Waals surface area contributed by atoms with Gasteiger partial charge in [-0.2, -0.15) is 0 Å². The Labute approximate surface area is 189 Å². The number of allylic oxidation sites excluding steroid dienone is 5. The van der Waals surface area contributed by atoms with Crippen molar-refractivity contribution in [2.24, 2.45) is 23.2 Å². The second-order valence-electron chi connectivity index (χ2n) is 11.5. The monoisotopic (exact) mass is 428 g/mol. The van der Waals surface area contributed by atoms with Crippen LogP contribution in [0.15, 0.2) is 47.6 Å². The van der Waals surface area contributed by atoms with Crippen LogP contribution in [0.4, 0.5) is 0 Å². The fraction of sp³-hybridized carbons (Fsp3) is 0.714. The van der Waals surface area contributed by atoms with E-state index in [1.807, 2.05) is 0 Å². The lowest BCUT2D eigenvalue weighted by atomic mass is 9.61. The van der Waals surface area contributed by atoms with Crippen molar-refractivity contribution in [2.75, 3.05) is 0 Å². The van der Waals surface area contributed by atoms with Crippen molar-refractivity contribution in [3.8, 4) is 0 Å². The van der Waals surface area contributed by atoms with Crippen molar-refractivity contribution in [3.63, 3.8) is 0 Å². The zero-order chi connectivity index (χ0) is 23.0. The maximum Gasteiger partial charge on any atom is 0.108 e. The maximum atomic E-state index is 10.6. The first-order chi connectivity index (χ1) is 14.3. The minimum atomic E-state index is -1.24. The van der Waals surface area contributed by atoms with Gasteiger partial charge in [-0.25, -0.2) is 0 Å². The van der Waals surface area contributed by atoms with Gasteiger partial charge in [0.1, 0.15) is 5.60 Å². The lowest BCUT2D eigenvalue weighted by Gasteiger charge is -2.44. The van der Waals surface area contributed by atoms with E-state index in [2.05, 4.69) is 38.7 Å². The van der Waals surface area contributed by atoms with Crippen LogP contribution < -0.4 is 0 Å². The quantitative estimate of drug-likeness (QED) is 0.480. The molecule has 0 bridgehead atoms. The largest absolute Gasteiger partial charge is 0.393 e. The Morgan fingerprint density at radius 3 is 2.48 bits per heavy atom. The van der Waals surface area contributed by atoms with E-state index in [0.29, 0.717) is 17.8 Å². The molecule has 0 heterocycles. The van der Waals surface area contributed by atoms with Crippen molar-refractivity contribution in [2.45, 2.75) is 103 Å². The maximum absolute atomic E-state index is 10.6. The van der Waals surface area contributed by atoms with E-state index >= 15 is 0 Å². The molecule has 0 aromatic carbocycles. The molecule has 0 aromatic heterocycles. The molecule has 6 atom stereocenters. The Hall–Kier alpha value is -1.16. The third-order valence-electron chi connectivity index (χ3n) is 8.82. The zero-order valence-electron chi connectivity index (χ0n) is 20.3. The summed E-state index contributed by atoms with van der Waals surface area (Å²) in [4.78, 5) is 0. The molecule has 3 N–H and O–H groups in total. The topological polar surface area (TPSA) is 60.7 Å². The molecule has 0 amide bonds. The van der Waals surface area contributed by atoms with Gasteiger partial charge in [0, 0.05) is 0 Å². The molecule has 0 saturated heterocycles. The first-order valence-electron chi connectivity index (χ1n) is 12.2. The van der Waals surface area contributed by atoms with Crippen molar-refractivity contribution in [3.05, 3.63) is 47.6 Å². The van der Waals surface area contributed by atoms with Crippen LogP contribution in [-0.2, 0) is 0 Å². The van der Waals surface area contributed by atoms with Crippen molar-refractivity contribution in [1.29, 1.82) is 0 Å². The van der Waals surface area contributed by atoms with Gasteiger partial charge in [-0.3, -0.25) is 0 Å². The molecule has 3 aliphatic carbocycles. The van der Waals surface area contributed by atoms with Crippen LogP contribution in [0, 0.1) is 23.2 Å². The predicted molar refractivity (Wildman–Crippen MR) is 129 cm³/mol. The molecule has 0 aliphatic heterocycles. The molecule has 3 aliphatic rings. The molecule has 3 nitrogen and oxygen atoms in total. The summed E-state index contributed by atoms with van der Waals surface area (Å²) in [6.07, 6.45) is 16.8. The van der Waals surface area contributed by atoms with Crippen LogP contribution >= 0.6 is 0 Å². The zero-order valence-corrected chi connectivity index (χ0v) is 20.3. The summed E-state index contributed by atoms with van der Waals surface area (Å²) in [6, 6.07) is 0. The third kappa shape index (κ3) is 5.10. The summed E-state index contributed by atoms with van der Waals surface area (Å²) in [6.45, 7) is 13.9. The summed E-state index contributed by atoms with van der Waals surface area (Å²) >= 11 is 0. The summed E-state index contributed by atoms with van der Waals surface area (Å²) in [5, 5.41) is 30.9. The smallest absolute Gasteiger partial charge is 0.108 e. The first-order valence-corrected chi connectivity index (χ1v) is 12.2. The van der Waals surface area contributed by atoms with E-state index in [9.17, 15) is 15.3 Å². The molecule has 3 saturated carbocycles. The van der Waals surface area contributed by atoms with Gasteiger partial charge in [-0.15, -0.1) is 0 Å². The van der Waals surface area contributed by atoms with Gasteiger partial charge in [-0.05, 0) is 101 Å². The van der Waals surface area contributed by atoms with E-state index < -0.39 is 11.2 Å². The number of aliphatic hydroxyl groups is 3. The van der Waals surface area contributed by atoms with Crippen LogP contribution in [-0.4, -0.2) is 32.6 Å². The lowest BCUT2D eigenvalue weighted by Crippen LogP contribution is -2.46. The summed E-state index contributed by atoms with van der Waals surface area (Å²) in [5.74, 6) is 1.54. The van der Waals surface area contributed by atoms with Gasteiger partial charge in [0.25, 0.3) is 0 Å². The van der Waals surface area contributed by atoms with Crippen LogP contribution in [0.2, 0.25) is 0 Å².